The number of rotatable bonds is 3. The number of halogens is 3. The number of pyridine rings is 1. The van der Waals surface area contributed by atoms with E-state index in [0.29, 0.717) is 43.3 Å². The van der Waals surface area contributed by atoms with Crippen molar-refractivity contribution < 1.29 is 18.0 Å². The first kappa shape index (κ1) is 15.6. The van der Waals surface area contributed by atoms with Crippen LogP contribution in [0.4, 0.5) is 19.0 Å². The molecular weight excluding hydrogens is 285 g/mol. The standard InChI is InChI=1S/C13H17F3N4O/c1-9-10(12(17)21)2-3-11(18-9)20-6-4-19(5-7-20)8-13(14,15)16/h2-3H,4-8H2,1H3,(H2,17,21). The van der Waals surface area contributed by atoms with Crippen molar-refractivity contribution in [3.63, 3.8) is 0 Å². The summed E-state index contributed by atoms with van der Waals surface area (Å²) in [4.78, 5) is 18.7. The third kappa shape index (κ3) is 4.07. The van der Waals surface area contributed by atoms with Crippen molar-refractivity contribution in [2.75, 3.05) is 37.6 Å². The Kier molecular flexibility index (Phi) is 4.36. The largest absolute Gasteiger partial charge is 0.401 e. The number of carbonyl (C=O) groups excluding carboxylic acids is 1. The molecule has 1 fully saturated rings. The highest BCUT2D eigenvalue weighted by Gasteiger charge is 2.32. The second-order valence-corrected chi connectivity index (χ2v) is 5.05. The summed E-state index contributed by atoms with van der Waals surface area (Å²) in [6.07, 6.45) is -4.17. The van der Waals surface area contributed by atoms with E-state index in [0.717, 1.165) is 0 Å². The lowest BCUT2D eigenvalue weighted by molar-refractivity contribution is -0.146. The molecule has 0 atom stereocenters. The van der Waals surface area contributed by atoms with Crippen LogP contribution in [0.3, 0.4) is 0 Å². The number of anilines is 1. The molecule has 2 heterocycles. The monoisotopic (exact) mass is 302 g/mol. The lowest BCUT2D eigenvalue weighted by atomic mass is 10.2. The quantitative estimate of drug-likeness (QED) is 0.910. The zero-order chi connectivity index (χ0) is 15.6. The molecule has 2 rings (SSSR count). The van der Waals surface area contributed by atoms with Crippen LogP contribution in [0.1, 0.15) is 16.1 Å². The predicted molar refractivity (Wildman–Crippen MR) is 72.2 cm³/mol. The van der Waals surface area contributed by atoms with Gasteiger partial charge in [0.05, 0.1) is 17.8 Å². The Morgan fingerprint density at radius 1 is 1.29 bits per heavy atom. The number of piperazine rings is 1. The number of alkyl halides is 3. The number of nitrogens with two attached hydrogens (primary N) is 1. The second-order valence-electron chi connectivity index (χ2n) is 5.05. The topological polar surface area (TPSA) is 62.5 Å². The molecule has 21 heavy (non-hydrogen) atoms. The van der Waals surface area contributed by atoms with Crippen molar-refractivity contribution in [1.29, 1.82) is 0 Å². The summed E-state index contributed by atoms with van der Waals surface area (Å²) >= 11 is 0. The molecule has 0 spiro atoms. The second kappa shape index (κ2) is 5.88. The van der Waals surface area contributed by atoms with E-state index in [4.69, 9.17) is 5.73 Å². The van der Waals surface area contributed by atoms with E-state index in [-0.39, 0.29) is 0 Å². The number of amides is 1. The van der Waals surface area contributed by atoms with Gasteiger partial charge in [0.2, 0.25) is 0 Å². The van der Waals surface area contributed by atoms with Gasteiger partial charge in [-0.3, -0.25) is 9.69 Å². The minimum Gasteiger partial charge on any atom is -0.366 e. The lowest BCUT2D eigenvalue weighted by Crippen LogP contribution is -2.49. The van der Waals surface area contributed by atoms with Gasteiger partial charge in [0, 0.05) is 26.2 Å². The molecule has 0 aliphatic carbocycles. The number of primary amides is 1. The fourth-order valence-electron chi connectivity index (χ4n) is 2.37. The van der Waals surface area contributed by atoms with E-state index in [2.05, 4.69) is 4.98 Å². The molecule has 1 aliphatic heterocycles. The van der Waals surface area contributed by atoms with E-state index in [1.54, 1.807) is 19.1 Å². The van der Waals surface area contributed by atoms with Crippen molar-refractivity contribution >= 4 is 11.7 Å². The Hall–Kier alpha value is -1.83. The number of aryl methyl sites for hydroxylation is 1. The zero-order valence-corrected chi connectivity index (χ0v) is 11.7. The molecule has 0 radical (unpaired) electrons. The number of hydrogen-bond donors (Lipinski definition) is 1. The number of carbonyl (C=O) groups is 1. The summed E-state index contributed by atoms with van der Waals surface area (Å²) < 4.78 is 37.0. The van der Waals surface area contributed by atoms with Crippen molar-refractivity contribution in [3.05, 3.63) is 23.4 Å². The van der Waals surface area contributed by atoms with Gasteiger partial charge in [-0.05, 0) is 19.1 Å². The molecule has 1 saturated heterocycles. The van der Waals surface area contributed by atoms with Gasteiger partial charge in [-0.1, -0.05) is 0 Å². The molecular formula is C13H17F3N4O. The highest BCUT2D eigenvalue weighted by molar-refractivity contribution is 5.94. The van der Waals surface area contributed by atoms with Crippen LogP contribution in [-0.2, 0) is 0 Å². The summed E-state index contributed by atoms with van der Waals surface area (Å²) in [7, 11) is 0. The molecule has 0 unspecified atom stereocenters. The van der Waals surface area contributed by atoms with Gasteiger partial charge in [-0.15, -0.1) is 0 Å². The Morgan fingerprint density at radius 3 is 2.38 bits per heavy atom. The van der Waals surface area contributed by atoms with Gasteiger partial charge >= 0.3 is 6.18 Å². The molecule has 0 saturated carbocycles. The molecule has 1 aromatic rings. The SMILES string of the molecule is Cc1nc(N2CCN(CC(F)(F)F)CC2)ccc1C(N)=O. The van der Waals surface area contributed by atoms with Gasteiger partial charge in [-0.2, -0.15) is 13.2 Å². The Labute approximate surface area is 120 Å². The van der Waals surface area contributed by atoms with Crippen LogP contribution in [0.5, 0.6) is 0 Å². The van der Waals surface area contributed by atoms with Crippen molar-refractivity contribution in [3.8, 4) is 0 Å². The van der Waals surface area contributed by atoms with Gasteiger partial charge in [0.15, 0.2) is 0 Å². The van der Waals surface area contributed by atoms with Crippen molar-refractivity contribution in [2.24, 2.45) is 5.73 Å². The first-order valence-electron chi connectivity index (χ1n) is 6.58. The van der Waals surface area contributed by atoms with E-state index >= 15 is 0 Å². The van der Waals surface area contributed by atoms with Crippen LogP contribution in [0.2, 0.25) is 0 Å². The fourth-order valence-corrected chi connectivity index (χ4v) is 2.37. The molecule has 2 N–H and O–H groups in total. The van der Waals surface area contributed by atoms with Crippen molar-refractivity contribution in [2.45, 2.75) is 13.1 Å². The summed E-state index contributed by atoms with van der Waals surface area (Å²) in [5.41, 5.74) is 6.10. The molecule has 1 aromatic heterocycles. The fraction of sp³-hybridized carbons (Fsp3) is 0.538. The lowest BCUT2D eigenvalue weighted by Gasteiger charge is -2.35. The first-order valence-corrected chi connectivity index (χ1v) is 6.58. The number of aromatic nitrogens is 1. The van der Waals surface area contributed by atoms with Crippen LogP contribution in [-0.4, -0.2) is 54.7 Å². The molecule has 8 heteroatoms. The summed E-state index contributed by atoms with van der Waals surface area (Å²) in [6, 6.07) is 3.27. The normalized spacial score (nSPS) is 17.0. The van der Waals surface area contributed by atoms with Crippen LogP contribution < -0.4 is 10.6 Å². The Bertz CT molecular complexity index is 525. The molecule has 1 amide bonds. The average Bonchev–Trinajstić information content (AvgIpc) is 2.37. The minimum atomic E-state index is -4.17. The third-order valence-corrected chi connectivity index (χ3v) is 3.44. The van der Waals surface area contributed by atoms with Crippen molar-refractivity contribution in [1.82, 2.24) is 9.88 Å². The zero-order valence-electron chi connectivity index (χ0n) is 11.7. The van der Waals surface area contributed by atoms with E-state index in [1.807, 2.05) is 4.90 Å². The van der Waals surface area contributed by atoms with Crippen LogP contribution in [0.15, 0.2) is 12.1 Å². The van der Waals surface area contributed by atoms with Gasteiger partial charge < -0.3 is 10.6 Å². The summed E-state index contributed by atoms with van der Waals surface area (Å²) in [5.74, 6) is 0.116. The van der Waals surface area contributed by atoms with Crippen LogP contribution >= 0.6 is 0 Å². The third-order valence-electron chi connectivity index (χ3n) is 3.44. The van der Waals surface area contributed by atoms with E-state index in [1.165, 1.54) is 4.90 Å². The maximum atomic E-state index is 12.3. The molecule has 0 bridgehead atoms. The summed E-state index contributed by atoms with van der Waals surface area (Å²) in [6.45, 7) is 2.41. The molecule has 0 aromatic carbocycles. The Morgan fingerprint density at radius 2 is 1.90 bits per heavy atom. The van der Waals surface area contributed by atoms with Gasteiger partial charge in [0.1, 0.15) is 5.82 Å². The number of hydrogen-bond acceptors (Lipinski definition) is 4. The highest BCUT2D eigenvalue weighted by Crippen LogP contribution is 2.20. The predicted octanol–water partition coefficient (Wildman–Crippen LogP) is 1.17. The maximum absolute atomic E-state index is 12.3. The van der Waals surface area contributed by atoms with Crippen LogP contribution in [0.25, 0.3) is 0 Å². The average molecular weight is 302 g/mol. The molecule has 5 nitrogen and oxygen atoms in total. The van der Waals surface area contributed by atoms with Gasteiger partial charge in [0.25, 0.3) is 5.91 Å². The Balaban J connectivity index is 1.99. The van der Waals surface area contributed by atoms with E-state index in [9.17, 15) is 18.0 Å². The molecule has 1 aliphatic rings. The van der Waals surface area contributed by atoms with E-state index < -0.39 is 18.6 Å². The smallest absolute Gasteiger partial charge is 0.366 e. The first-order chi connectivity index (χ1) is 9.76. The highest BCUT2D eigenvalue weighted by atomic mass is 19.4. The minimum absolute atomic E-state index is 0.331. The van der Waals surface area contributed by atoms with Crippen LogP contribution in [0, 0.1) is 6.92 Å². The molecule has 116 valence electrons. The summed E-state index contributed by atoms with van der Waals surface area (Å²) in [5, 5.41) is 0. The maximum Gasteiger partial charge on any atom is 0.401 e. The van der Waals surface area contributed by atoms with Gasteiger partial charge in [-0.25, -0.2) is 4.98 Å². The number of nitrogens with zero attached hydrogens (tertiary/aromatic N) is 3.